The SMILES string of the molecule is COc1cccc(CC(=O)N2CCC(Oc3ccc(-c4noc(C(F)(F)F)n4)cc3)C2)c1. The predicted octanol–water partition coefficient (Wildman–Crippen LogP) is 3.99. The Morgan fingerprint density at radius 3 is 2.66 bits per heavy atom. The summed E-state index contributed by atoms with van der Waals surface area (Å²) < 4.78 is 53.2. The van der Waals surface area contributed by atoms with E-state index in [0.717, 1.165) is 5.56 Å². The van der Waals surface area contributed by atoms with Crippen molar-refractivity contribution in [1.29, 1.82) is 0 Å². The summed E-state index contributed by atoms with van der Waals surface area (Å²) >= 11 is 0. The molecule has 2 aromatic carbocycles. The van der Waals surface area contributed by atoms with Gasteiger partial charge >= 0.3 is 12.1 Å². The number of carbonyl (C=O) groups excluding carboxylic acids is 1. The first-order valence-corrected chi connectivity index (χ1v) is 9.90. The van der Waals surface area contributed by atoms with Crippen LogP contribution in [0.4, 0.5) is 13.2 Å². The first-order valence-electron chi connectivity index (χ1n) is 9.90. The number of rotatable bonds is 6. The highest BCUT2D eigenvalue weighted by Crippen LogP contribution is 2.30. The van der Waals surface area contributed by atoms with Gasteiger partial charge in [-0.3, -0.25) is 4.79 Å². The molecule has 2 heterocycles. The van der Waals surface area contributed by atoms with Gasteiger partial charge in [0, 0.05) is 18.5 Å². The van der Waals surface area contributed by atoms with Crippen molar-refractivity contribution in [3.63, 3.8) is 0 Å². The van der Waals surface area contributed by atoms with Crippen molar-refractivity contribution in [2.24, 2.45) is 0 Å². The van der Waals surface area contributed by atoms with Crippen molar-refractivity contribution in [2.75, 3.05) is 20.2 Å². The molecule has 1 aliphatic heterocycles. The van der Waals surface area contributed by atoms with Gasteiger partial charge < -0.3 is 18.9 Å². The Morgan fingerprint density at radius 2 is 1.97 bits per heavy atom. The number of likely N-dealkylation sites (tertiary alicyclic amines) is 1. The van der Waals surface area contributed by atoms with Crippen molar-refractivity contribution in [2.45, 2.75) is 25.1 Å². The van der Waals surface area contributed by atoms with Crippen LogP contribution in [0.15, 0.2) is 53.1 Å². The van der Waals surface area contributed by atoms with Gasteiger partial charge in [0.1, 0.15) is 17.6 Å². The summed E-state index contributed by atoms with van der Waals surface area (Å²) in [4.78, 5) is 17.7. The highest BCUT2D eigenvalue weighted by molar-refractivity contribution is 5.79. The lowest BCUT2D eigenvalue weighted by Gasteiger charge is -2.17. The Morgan fingerprint density at radius 1 is 1.19 bits per heavy atom. The second-order valence-corrected chi connectivity index (χ2v) is 7.34. The molecule has 7 nitrogen and oxygen atoms in total. The second-order valence-electron chi connectivity index (χ2n) is 7.34. The third-order valence-electron chi connectivity index (χ3n) is 5.07. The van der Waals surface area contributed by atoms with Crippen LogP contribution in [-0.2, 0) is 17.4 Å². The zero-order chi connectivity index (χ0) is 22.7. The van der Waals surface area contributed by atoms with Crippen LogP contribution in [0.5, 0.6) is 11.5 Å². The molecule has 0 saturated carbocycles. The number of amides is 1. The van der Waals surface area contributed by atoms with Crippen molar-refractivity contribution < 1.29 is 32.0 Å². The average molecular weight is 447 g/mol. The monoisotopic (exact) mass is 447 g/mol. The molecular weight excluding hydrogens is 427 g/mol. The van der Waals surface area contributed by atoms with Crippen molar-refractivity contribution in [3.8, 4) is 22.9 Å². The molecule has 0 aliphatic carbocycles. The second kappa shape index (κ2) is 8.89. The number of alkyl halides is 3. The Kier molecular flexibility index (Phi) is 6.02. The number of nitrogens with zero attached hydrogens (tertiary/aromatic N) is 3. The van der Waals surface area contributed by atoms with E-state index >= 15 is 0 Å². The number of aromatic nitrogens is 2. The van der Waals surface area contributed by atoms with Crippen molar-refractivity contribution in [1.82, 2.24) is 15.0 Å². The molecule has 0 bridgehead atoms. The quantitative estimate of drug-likeness (QED) is 0.569. The molecule has 0 spiro atoms. The highest BCUT2D eigenvalue weighted by Gasteiger charge is 2.38. The number of carbonyl (C=O) groups is 1. The summed E-state index contributed by atoms with van der Waals surface area (Å²) in [6.07, 6.45) is -3.89. The van der Waals surface area contributed by atoms with Crippen LogP contribution in [0.3, 0.4) is 0 Å². The first kappa shape index (κ1) is 21.7. The molecule has 0 radical (unpaired) electrons. The summed E-state index contributed by atoms with van der Waals surface area (Å²) in [6.45, 7) is 1.05. The molecule has 0 N–H and O–H groups in total. The van der Waals surface area contributed by atoms with Crippen LogP contribution in [0, 0.1) is 0 Å². The largest absolute Gasteiger partial charge is 0.497 e. The van der Waals surface area contributed by atoms with Gasteiger partial charge in [-0.05, 0) is 42.0 Å². The van der Waals surface area contributed by atoms with Crippen LogP contribution in [-0.4, -0.2) is 47.3 Å². The molecule has 1 aromatic heterocycles. The Bertz CT molecular complexity index is 1080. The van der Waals surface area contributed by atoms with E-state index < -0.39 is 12.1 Å². The summed E-state index contributed by atoms with van der Waals surface area (Å²) in [7, 11) is 1.58. The average Bonchev–Trinajstić information content (AvgIpc) is 3.44. The third kappa shape index (κ3) is 5.01. The van der Waals surface area contributed by atoms with E-state index in [1.54, 1.807) is 36.3 Å². The molecule has 168 valence electrons. The Hall–Kier alpha value is -3.56. The minimum Gasteiger partial charge on any atom is -0.497 e. The lowest BCUT2D eigenvalue weighted by atomic mass is 10.1. The van der Waals surface area contributed by atoms with Gasteiger partial charge in [-0.1, -0.05) is 17.3 Å². The Balaban J connectivity index is 1.32. The maximum Gasteiger partial charge on any atom is 0.471 e. The molecule has 3 aromatic rings. The fraction of sp³-hybridized carbons (Fsp3) is 0.318. The van der Waals surface area contributed by atoms with Crippen LogP contribution < -0.4 is 9.47 Å². The fourth-order valence-corrected chi connectivity index (χ4v) is 3.45. The number of methoxy groups -OCH3 is 1. The molecule has 10 heteroatoms. The molecular formula is C22H20F3N3O4. The van der Waals surface area contributed by atoms with Gasteiger partial charge in [0.2, 0.25) is 11.7 Å². The summed E-state index contributed by atoms with van der Waals surface area (Å²) in [5, 5.41) is 3.36. The highest BCUT2D eigenvalue weighted by atomic mass is 19.4. The number of hydrogen-bond donors (Lipinski definition) is 0. The van der Waals surface area contributed by atoms with Gasteiger partial charge in [0.15, 0.2) is 0 Å². The molecule has 4 rings (SSSR count). The van der Waals surface area contributed by atoms with E-state index in [1.807, 2.05) is 24.3 Å². The molecule has 1 saturated heterocycles. The summed E-state index contributed by atoms with van der Waals surface area (Å²) in [5.41, 5.74) is 1.25. The Labute approximate surface area is 181 Å². The van der Waals surface area contributed by atoms with Crippen molar-refractivity contribution >= 4 is 5.91 Å². The molecule has 1 aliphatic rings. The van der Waals surface area contributed by atoms with E-state index in [4.69, 9.17) is 9.47 Å². The summed E-state index contributed by atoms with van der Waals surface area (Å²) in [6, 6.07) is 13.8. The van der Waals surface area contributed by atoms with E-state index in [9.17, 15) is 18.0 Å². The van der Waals surface area contributed by atoms with E-state index in [-0.39, 0.29) is 24.3 Å². The number of ether oxygens (including phenoxy) is 2. The zero-order valence-corrected chi connectivity index (χ0v) is 17.1. The van der Waals surface area contributed by atoms with Crippen LogP contribution >= 0.6 is 0 Å². The molecule has 1 amide bonds. The lowest BCUT2D eigenvalue weighted by molar-refractivity contribution is -0.159. The first-order chi connectivity index (χ1) is 15.3. The van der Waals surface area contributed by atoms with Crippen LogP contribution in [0.1, 0.15) is 17.9 Å². The molecule has 1 unspecified atom stereocenters. The minimum absolute atomic E-state index is 0.0114. The standard InChI is InChI=1S/C22H20F3N3O4/c1-30-17-4-2-3-14(11-17)12-19(29)28-10-9-18(13-28)31-16-7-5-15(6-8-16)20-26-21(32-27-20)22(23,24)25/h2-8,11,18H,9-10,12-13H2,1H3. The molecule has 32 heavy (non-hydrogen) atoms. The van der Waals surface area contributed by atoms with Crippen LogP contribution in [0.2, 0.25) is 0 Å². The number of halogens is 3. The normalized spacial score (nSPS) is 16.2. The fourth-order valence-electron chi connectivity index (χ4n) is 3.45. The van der Waals surface area contributed by atoms with Crippen molar-refractivity contribution in [3.05, 3.63) is 60.0 Å². The van der Waals surface area contributed by atoms with E-state index in [1.165, 1.54) is 0 Å². The minimum atomic E-state index is -4.69. The van der Waals surface area contributed by atoms with E-state index in [0.29, 0.717) is 36.6 Å². The lowest BCUT2D eigenvalue weighted by Crippen LogP contribution is -2.32. The smallest absolute Gasteiger partial charge is 0.471 e. The maximum absolute atomic E-state index is 12.6. The van der Waals surface area contributed by atoms with Gasteiger partial charge in [-0.2, -0.15) is 18.2 Å². The summed E-state index contributed by atoms with van der Waals surface area (Å²) in [5.74, 6) is -0.286. The predicted molar refractivity (Wildman–Crippen MR) is 107 cm³/mol. The van der Waals surface area contributed by atoms with Gasteiger partial charge in [0.05, 0.1) is 20.1 Å². The molecule has 1 atom stereocenters. The van der Waals surface area contributed by atoms with Gasteiger partial charge in [0.25, 0.3) is 0 Å². The topological polar surface area (TPSA) is 77.7 Å². The van der Waals surface area contributed by atoms with Crippen LogP contribution in [0.25, 0.3) is 11.4 Å². The van der Waals surface area contributed by atoms with Gasteiger partial charge in [-0.15, -0.1) is 0 Å². The zero-order valence-electron chi connectivity index (χ0n) is 17.1. The van der Waals surface area contributed by atoms with E-state index in [2.05, 4.69) is 14.7 Å². The maximum atomic E-state index is 12.6. The number of benzene rings is 2. The third-order valence-corrected chi connectivity index (χ3v) is 5.07. The molecule has 1 fully saturated rings. The van der Waals surface area contributed by atoms with Gasteiger partial charge in [-0.25, -0.2) is 0 Å². The number of hydrogen-bond acceptors (Lipinski definition) is 6.